The van der Waals surface area contributed by atoms with Crippen LogP contribution in [0.3, 0.4) is 0 Å². The Hall–Kier alpha value is -0.680. The fourth-order valence-electron chi connectivity index (χ4n) is 2.63. The second-order valence-corrected chi connectivity index (χ2v) is 5.40. The molecule has 0 radical (unpaired) electrons. The first-order valence-electron chi connectivity index (χ1n) is 6.88. The number of nitrogens with zero attached hydrogens (tertiary/aromatic N) is 2. The number of amides is 1. The van der Waals surface area contributed by atoms with Gasteiger partial charge in [-0.25, -0.2) is 0 Å². The van der Waals surface area contributed by atoms with Crippen LogP contribution in [0.1, 0.15) is 39.5 Å². The summed E-state index contributed by atoms with van der Waals surface area (Å²) in [5.41, 5.74) is 5.64. The summed E-state index contributed by atoms with van der Waals surface area (Å²) in [6.45, 7) is 6.56. The van der Waals surface area contributed by atoms with Gasteiger partial charge in [0, 0.05) is 25.7 Å². The topological polar surface area (TPSA) is 49.6 Å². The van der Waals surface area contributed by atoms with E-state index in [1.54, 1.807) is 0 Å². The summed E-state index contributed by atoms with van der Waals surface area (Å²) in [7, 11) is 0. The molecule has 1 aliphatic carbocycles. The molecule has 0 unspecified atom stereocenters. The lowest BCUT2D eigenvalue weighted by Crippen LogP contribution is -2.46. The molecule has 4 nitrogen and oxygen atoms in total. The van der Waals surface area contributed by atoms with Crippen LogP contribution in [0, 0.1) is 0 Å². The number of likely N-dealkylation sites (N-methyl/N-ethyl adjacent to an activating group) is 1. The molecule has 0 saturated heterocycles. The van der Waals surface area contributed by atoms with Crippen molar-refractivity contribution in [3.63, 3.8) is 0 Å². The van der Waals surface area contributed by atoms with E-state index in [1.165, 1.54) is 12.8 Å². The molecule has 0 aromatic heterocycles. The van der Waals surface area contributed by atoms with Gasteiger partial charge in [0.1, 0.15) is 0 Å². The van der Waals surface area contributed by atoms with Gasteiger partial charge in [-0.3, -0.25) is 9.69 Å². The maximum absolute atomic E-state index is 12.2. The largest absolute Gasteiger partial charge is 0.392 e. The quantitative estimate of drug-likeness (QED) is 0.711. The van der Waals surface area contributed by atoms with Gasteiger partial charge < -0.3 is 10.6 Å². The Kier molecular flexibility index (Phi) is 6.57. The van der Waals surface area contributed by atoms with E-state index in [0.29, 0.717) is 24.1 Å². The summed E-state index contributed by atoms with van der Waals surface area (Å²) in [6.07, 6.45) is 4.82. The van der Waals surface area contributed by atoms with Crippen LogP contribution in [0.5, 0.6) is 0 Å². The van der Waals surface area contributed by atoms with E-state index in [2.05, 4.69) is 4.90 Å². The molecule has 104 valence electrons. The van der Waals surface area contributed by atoms with Crippen molar-refractivity contribution < 1.29 is 4.79 Å². The third kappa shape index (κ3) is 4.53. The lowest BCUT2D eigenvalue weighted by Gasteiger charge is -2.30. The molecule has 0 aromatic carbocycles. The van der Waals surface area contributed by atoms with Crippen molar-refractivity contribution in [2.75, 3.05) is 26.2 Å². The summed E-state index contributed by atoms with van der Waals surface area (Å²) in [4.78, 5) is 16.7. The highest BCUT2D eigenvalue weighted by molar-refractivity contribution is 7.80. The molecule has 0 bridgehead atoms. The lowest BCUT2D eigenvalue weighted by atomic mass is 10.2. The van der Waals surface area contributed by atoms with E-state index in [4.69, 9.17) is 18.0 Å². The first-order valence-corrected chi connectivity index (χ1v) is 7.29. The van der Waals surface area contributed by atoms with Crippen molar-refractivity contribution in [1.82, 2.24) is 9.80 Å². The number of hydrogen-bond acceptors (Lipinski definition) is 3. The van der Waals surface area contributed by atoms with E-state index in [0.717, 1.165) is 25.9 Å². The van der Waals surface area contributed by atoms with Crippen molar-refractivity contribution in [2.24, 2.45) is 5.73 Å². The van der Waals surface area contributed by atoms with Gasteiger partial charge in [0.05, 0.1) is 11.5 Å². The van der Waals surface area contributed by atoms with E-state index >= 15 is 0 Å². The number of carbonyl (C=O) groups is 1. The van der Waals surface area contributed by atoms with Crippen LogP contribution >= 0.6 is 12.2 Å². The van der Waals surface area contributed by atoms with Gasteiger partial charge in [-0.05, 0) is 26.7 Å². The third-order valence-electron chi connectivity index (χ3n) is 3.65. The minimum absolute atomic E-state index is 0.183. The number of thiocarbonyl (C=S) groups is 1. The Morgan fingerprint density at radius 1 is 1.22 bits per heavy atom. The highest BCUT2D eigenvalue weighted by atomic mass is 32.1. The summed E-state index contributed by atoms with van der Waals surface area (Å²) >= 11 is 4.99. The molecule has 1 fully saturated rings. The Morgan fingerprint density at radius 3 is 2.22 bits per heavy atom. The van der Waals surface area contributed by atoms with Crippen LogP contribution in [0.15, 0.2) is 0 Å². The van der Waals surface area contributed by atoms with Crippen molar-refractivity contribution in [3.05, 3.63) is 0 Å². The molecule has 1 aliphatic rings. The predicted octanol–water partition coefficient (Wildman–Crippen LogP) is 1.39. The monoisotopic (exact) mass is 271 g/mol. The zero-order chi connectivity index (χ0) is 13.5. The average molecular weight is 271 g/mol. The highest BCUT2D eigenvalue weighted by Gasteiger charge is 2.25. The van der Waals surface area contributed by atoms with Crippen LogP contribution in [0.2, 0.25) is 0 Å². The second kappa shape index (κ2) is 7.69. The number of hydrogen-bond donors (Lipinski definition) is 1. The molecule has 1 saturated carbocycles. The van der Waals surface area contributed by atoms with E-state index < -0.39 is 0 Å². The van der Waals surface area contributed by atoms with Crippen LogP contribution < -0.4 is 5.73 Å². The normalized spacial score (nSPS) is 16.2. The smallest absolute Gasteiger partial charge is 0.236 e. The summed E-state index contributed by atoms with van der Waals surface area (Å²) in [6, 6.07) is 0.478. The van der Waals surface area contributed by atoms with Gasteiger partial charge in [0.15, 0.2) is 0 Å². The molecular weight excluding hydrogens is 246 g/mol. The number of rotatable bonds is 7. The molecule has 0 spiro atoms. The maximum atomic E-state index is 12.2. The summed E-state index contributed by atoms with van der Waals surface area (Å²) in [5, 5.41) is 0. The Balaban J connectivity index is 2.59. The molecule has 1 amide bonds. The molecule has 18 heavy (non-hydrogen) atoms. The number of carbonyl (C=O) groups excluding carboxylic acids is 1. The fourth-order valence-corrected chi connectivity index (χ4v) is 2.80. The molecular formula is C13H25N3OS. The van der Waals surface area contributed by atoms with E-state index in [1.807, 2.05) is 18.7 Å². The zero-order valence-electron chi connectivity index (χ0n) is 11.5. The Morgan fingerprint density at radius 2 is 1.78 bits per heavy atom. The molecule has 1 rings (SSSR count). The molecule has 5 heteroatoms. The third-order valence-corrected chi connectivity index (χ3v) is 3.78. The molecule has 0 heterocycles. The minimum atomic E-state index is 0.183. The van der Waals surface area contributed by atoms with Crippen molar-refractivity contribution in [1.29, 1.82) is 0 Å². The second-order valence-electron chi connectivity index (χ2n) is 4.88. The standard InChI is InChI=1S/C13H25N3OS/c1-3-15(4-2)13(17)10-16(9-12(14)18)11-7-5-6-8-11/h11H,3-10H2,1-2H3,(H2,14,18). The molecule has 0 aromatic rings. The van der Waals surface area contributed by atoms with Gasteiger partial charge in [-0.15, -0.1) is 0 Å². The van der Waals surface area contributed by atoms with Gasteiger partial charge in [-0.1, -0.05) is 25.1 Å². The van der Waals surface area contributed by atoms with Crippen LogP contribution in [-0.4, -0.2) is 52.9 Å². The molecule has 0 aliphatic heterocycles. The van der Waals surface area contributed by atoms with Crippen molar-refractivity contribution in [3.8, 4) is 0 Å². The Bertz CT molecular complexity index is 286. The van der Waals surface area contributed by atoms with Crippen molar-refractivity contribution >= 4 is 23.1 Å². The fraction of sp³-hybridized carbons (Fsp3) is 0.846. The summed E-state index contributed by atoms with van der Waals surface area (Å²) < 4.78 is 0. The lowest BCUT2D eigenvalue weighted by molar-refractivity contribution is -0.132. The van der Waals surface area contributed by atoms with E-state index in [9.17, 15) is 4.79 Å². The average Bonchev–Trinajstić information content (AvgIpc) is 2.82. The first kappa shape index (κ1) is 15.4. The van der Waals surface area contributed by atoms with Gasteiger partial charge in [0.2, 0.25) is 5.91 Å². The van der Waals surface area contributed by atoms with Gasteiger partial charge in [0.25, 0.3) is 0 Å². The van der Waals surface area contributed by atoms with Crippen LogP contribution in [-0.2, 0) is 4.79 Å². The maximum Gasteiger partial charge on any atom is 0.236 e. The molecule has 2 N–H and O–H groups in total. The Labute approximate surface area is 115 Å². The predicted molar refractivity (Wildman–Crippen MR) is 78.5 cm³/mol. The highest BCUT2D eigenvalue weighted by Crippen LogP contribution is 2.23. The SMILES string of the molecule is CCN(CC)C(=O)CN(CC(N)=S)C1CCCC1. The van der Waals surface area contributed by atoms with Crippen LogP contribution in [0.25, 0.3) is 0 Å². The zero-order valence-corrected chi connectivity index (χ0v) is 12.3. The summed E-state index contributed by atoms with van der Waals surface area (Å²) in [5.74, 6) is 0.183. The van der Waals surface area contributed by atoms with Gasteiger partial charge in [-0.2, -0.15) is 0 Å². The van der Waals surface area contributed by atoms with Crippen molar-refractivity contribution in [2.45, 2.75) is 45.6 Å². The van der Waals surface area contributed by atoms with Gasteiger partial charge >= 0.3 is 0 Å². The number of nitrogens with two attached hydrogens (primary N) is 1. The van der Waals surface area contributed by atoms with E-state index in [-0.39, 0.29) is 5.91 Å². The van der Waals surface area contributed by atoms with Crippen LogP contribution in [0.4, 0.5) is 0 Å². The molecule has 0 atom stereocenters. The first-order chi connectivity index (χ1) is 8.58. The minimum Gasteiger partial charge on any atom is -0.392 e.